The number of aliphatic carboxylic acids is 1. The minimum Gasteiger partial charge on any atom is -0.480 e. The van der Waals surface area contributed by atoms with Crippen LogP contribution < -0.4 is 0 Å². The van der Waals surface area contributed by atoms with Crippen molar-refractivity contribution in [2.45, 2.75) is 38.6 Å². The number of carboxylic acids is 1. The van der Waals surface area contributed by atoms with Gasteiger partial charge < -0.3 is 10.0 Å². The Balaban J connectivity index is 2.88. The molecule has 6 heteroatoms. The van der Waals surface area contributed by atoms with Gasteiger partial charge >= 0.3 is 12.0 Å². The summed E-state index contributed by atoms with van der Waals surface area (Å²) in [6.07, 6.45) is 0.779. The molecular weight excluding hydrogens is 240 g/mol. The van der Waals surface area contributed by atoms with E-state index in [9.17, 15) is 9.59 Å². The van der Waals surface area contributed by atoms with Gasteiger partial charge in [-0.2, -0.15) is 0 Å². The molecule has 17 heavy (non-hydrogen) atoms. The average molecular weight is 260 g/mol. The maximum Gasteiger partial charge on any atom is 0.327 e. The third-order valence-corrected chi connectivity index (χ3v) is 4.44. The van der Waals surface area contributed by atoms with E-state index in [1.54, 1.807) is 16.7 Å². The lowest BCUT2D eigenvalue weighted by Crippen LogP contribution is -2.51. The molecule has 0 bridgehead atoms. The van der Waals surface area contributed by atoms with Gasteiger partial charge in [-0.25, -0.2) is 9.59 Å². The Hall–Kier alpha value is -0.910. The molecule has 1 rings (SSSR count). The topological polar surface area (TPSA) is 60.9 Å². The van der Waals surface area contributed by atoms with E-state index in [-0.39, 0.29) is 11.4 Å². The van der Waals surface area contributed by atoms with Gasteiger partial charge in [0, 0.05) is 18.8 Å². The van der Waals surface area contributed by atoms with Crippen molar-refractivity contribution in [1.29, 1.82) is 0 Å². The van der Waals surface area contributed by atoms with E-state index in [4.69, 9.17) is 5.11 Å². The zero-order valence-electron chi connectivity index (χ0n) is 10.5. The van der Waals surface area contributed by atoms with Crippen LogP contribution in [0.4, 0.5) is 4.79 Å². The number of rotatable bonds is 4. The molecule has 0 aromatic heterocycles. The number of carbonyl (C=O) groups excluding carboxylic acids is 1. The second-order valence-electron chi connectivity index (χ2n) is 3.91. The van der Waals surface area contributed by atoms with Crippen LogP contribution in [0.2, 0.25) is 0 Å². The highest BCUT2D eigenvalue weighted by Crippen LogP contribution is 2.32. The predicted octanol–water partition coefficient (Wildman–Crippen LogP) is 1.69. The molecule has 2 atom stereocenters. The molecule has 1 heterocycles. The number of thioether (sulfide) groups is 1. The largest absolute Gasteiger partial charge is 0.480 e. The summed E-state index contributed by atoms with van der Waals surface area (Å²) in [5.74, 6) is -0.421. The van der Waals surface area contributed by atoms with Gasteiger partial charge in [0.15, 0.2) is 0 Å². The first-order valence-electron chi connectivity index (χ1n) is 5.98. The van der Waals surface area contributed by atoms with E-state index >= 15 is 0 Å². The SMILES string of the molecule is CCC1SCC(C(=O)O)N1C(=O)N(CC)CC. The molecule has 1 aliphatic heterocycles. The molecule has 0 saturated carbocycles. The number of carboxylic acid groups (broad SMARTS) is 1. The van der Waals surface area contributed by atoms with Crippen molar-refractivity contribution in [2.75, 3.05) is 18.8 Å². The highest BCUT2D eigenvalue weighted by atomic mass is 32.2. The van der Waals surface area contributed by atoms with E-state index in [1.165, 1.54) is 4.90 Å². The first-order chi connectivity index (χ1) is 8.06. The molecule has 0 radical (unpaired) electrons. The van der Waals surface area contributed by atoms with Gasteiger partial charge in [0.1, 0.15) is 6.04 Å². The minimum atomic E-state index is -0.908. The zero-order chi connectivity index (χ0) is 13.0. The summed E-state index contributed by atoms with van der Waals surface area (Å²) in [6, 6.07) is -0.836. The fourth-order valence-electron chi connectivity index (χ4n) is 1.98. The molecule has 0 spiro atoms. The highest BCUT2D eigenvalue weighted by molar-refractivity contribution is 8.00. The number of carbonyl (C=O) groups is 2. The van der Waals surface area contributed by atoms with Gasteiger partial charge in [-0.05, 0) is 20.3 Å². The molecule has 0 aromatic carbocycles. The van der Waals surface area contributed by atoms with E-state index < -0.39 is 12.0 Å². The van der Waals surface area contributed by atoms with Crippen molar-refractivity contribution in [2.24, 2.45) is 0 Å². The molecule has 98 valence electrons. The number of amides is 2. The van der Waals surface area contributed by atoms with Crippen molar-refractivity contribution >= 4 is 23.8 Å². The van der Waals surface area contributed by atoms with E-state index in [0.29, 0.717) is 18.8 Å². The molecule has 5 nitrogen and oxygen atoms in total. The summed E-state index contributed by atoms with van der Waals surface area (Å²) >= 11 is 1.55. The molecule has 0 aromatic rings. The van der Waals surface area contributed by atoms with Gasteiger partial charge in [-0.15, -0.1) is 11.8 Å². The Kier molecular flexibility index (Phi) is 5.11. The quantitative estimate of drug-likeness (QED) is 0.835. The van der Waals surface area contributed by atoms with Gasteiger partial charge in [0.25, 0.3) is 0 Å². The maximum absolute atomic E-state index is 12.3. The van der Waals surface area contributed by atoms with Crippen molar-refractivity contribution < 1.29 is 14.7 Å². The highest BCUT2D eigenvalue weighted by Gasteiger charge is 2.41. The molecule has 2 amide bonds. The van der Waals surface area contributed by atoms with Crippen molar-refractivity contribution in [3.8, 4) is 0 Å². The van der Waals surface area contributed by atoms with Crippen molar-refractivity contribution in [1.82, 2.24) is 9.80 Å². The summed E-state index contributed by atoms with van der Waals surface area (Å²) in [4.78, 5) is 26.6. The smallest absolute Gasteiger partial charge is 0.327 e. The van der Waals surface area contributed by atoms with Crippen LogP contribution in [0.1, 0.15) is 27.2 Å². The fraction of sp³-hybridized carbons (Fsp3) is 0.818. The maximum atomic E-state index is 12.3. The summed E-state index contributed by atoms with van der Waals surface area (Å²) < 4.78 is 0. The number of nitrogens with zero attached hydrogens (tertiary/aromatic N) is 2. The molecule has 1 fully saturated rings. The van der Waals surface area contributed by atoms with Gasteiger partial charge in [-0.3, -0.25) is 4.90 Å². The van der Waals surface area contributed by atoms with Crippen LogP contribution in [0.5, 0.6) is 0 Å². The van der Waals surface area contributed by atoms with Crippen molar-refractivity contribution in [3.05, 3.63) is 0 Å². The van der Waals surface area contributed by atoms with Crippen LogP contribution in [-0.4, -0.2) is 57.2 Å². The average Bonchev–Trinajstić information content (AvgIpc) is 2.73. The number of urea groups is 1. The first kappa shape index (κ1) is 14.2. The fourth-order valence-corrected chi connectivity index (χ4v) is 3.32. The van der Waals surface area contributed by atoms with Gasteiger partial charge in [0.2, 0.25) is 0 Å². The van der Waals surface area contributed by atoms with E-state index in [2.05, 4.69) is 0 Å². The second kappa shape index (κ2) is 6.14. The van der Waals surface area contributed by atoms with E-state index in [0.717, 1.165) is 6.42 Å². The Bertz CT molecular complexity index is 294. The van der Waals surface area contributed by atoms with Crippen molar-refractivity contribution in [3.63, 3.8) is 0 Å². The number of hydrogen-bond donors (Lipinski definition) is 1. The molecule has 2 unspecified atom stereocenters. The molecule has 1 saturated heterocycles. The monoisotopic (exact) mass is 260 g/mol. The second-order valence-corrected chi connectivity index (χ2v) is 5.12. The standard InChI is InChI=1S/C11H20N2O3S/c1-4-9-13(8(7-17-9)10(14)15)11(16)12(5-2)6-3/h8-9H,4-7H2,1-3H3,(H,14,15). The Morgan fingerprint density at radius 1 is 1.35 bits per heavy atom. The van der Waals surface area contributed by atoms with Crippen LogP contribution >= 0.6 is 11.8 Å². The summed E-state index contributed by atoms with van der Waals surface area (Å²) in [6.45, 7) is 7.01. The van der Waals surface area contributed by atoms with Crippen LogP contribution in [0, 0.1) is 0 Å². The van der Waals surface area contributed by atoms with E-state index in [1.807, 2.05) is 20.8 Å². The molecular formula is C11H20N2O3S. The molecule has 0 aliphatic carbocycles. The number of hydrogen-bond acceptors (Lipinski definition) is 3. The lowest BCUT2D eigenvalue weighted by molar-refractivity contribution is -0.141. The normalized spacial score (nSPS) is 23.8. The Morgan fingerprint density at radius 2 is 1.94 bits per heavy atom. The summed E-state index contributed by atoms with van der Waals surface area (Å²) in [7, 11) is 0. The minimum absolute atomic E-state index is 0.0100. The summed E-state index contributed by atoms with van der Waals surface area (Å²) in [5.41, 5.74) is 0. The van der Waals surface area contributed by atoms with Crippen LogP contribution in [0.3, 0.4) is 0 Å². The Labute approximate surface area is 106 Å². The lowest BCUT2D eigenvalue weighted by atomic mass is 10.2. The third-order valence-electron chi connectivity index (χ3n) is 2.98. The van der Waals surface area contributed by atoms with Crippen LogP contribution in [0.25, 0.3) is 0 Å². The first-order valence-corrected chi connectivity index (χ1v) is 7.03. The molecule has 1 aliphatic rings. The van der Waals surface area contributed by atoms with Gasteiger partial charge in [-0.1, -0.05) is 6.92 Å². The zero-order valence-corrected chi connectivity index (χ0v) is 11.4. The molecule has 1 N–H and O–H groups in total. The van der Waals surface area contributed by atoms with Crippen LogP contribution in [0.15, 0.2) is 0 Å². The predicted molar refractivity (Wildman–Crippen MR) is 68.1 cm³/mol. The van der Waals surface area contributed by atoms with Gasteiger partial charge in [0.05, 0.1) is 5.37 Å². The van der Waals surface area contributed by atoms with Crippen LogP contribution in [-0.2, 0) is 4.79 Å². The lowest BCUT2D eigenvalue weighted by Gasteiger charge is -2.32. The third kappa shape index (κ3) is 2.86. The Morgan fingerprint density at radius 3 is 2.35 bits per heavy atom. The summed E-state index contributed by atoms with van der Waals surface area (Å²) in [5, 5.41) is 9.14.